The summed E-state index contributed by atoms with van der Waals surface area (Å²) in [6.07, 6.45) is 4.02. The van der Waals surface area contributed by atoms with Gasteiger partial charge >= 0.3 is 6.03 Å². The number of urea groups is 1. The van der Waals surface area contributed by atoms with Crippen molar-refractivity contribution in [2.24, 2.45) is 0 Å². The minimum atomic E-state index is -0.253. The molecule has 2 atom stereocenters. The number of anilines is 1. The Balaban J connectivity index is 1.65. The van der Waals surface area contributed by atoms with Gasteiger partial charge in [0.1, 0.15) is 0 Å². The maximum atomic E-state index is 12.2. The van der Waals surface area contributed by atoms with Crippen molar-refractivity contribution >= 4 is 23.5 Å². The molecule has 8 nitrogen and oxygen atoms in total. The Bertz CT molecular complexity index is 701. The number of carbonyl (C=O) groups is 1. The lowest BCUT2D eigenvalue weighted by atomic mass is 10.1. The van der Waals surface area contributed by atoms with E-state index in [1.165, 1.54) is 11.8 Å². The van der Waals surface area contributed by atoms with Crippen LogP contribution in [0.15, 0.2) is 29.4 Å². The van der Waals surface area contributed by atoms with E-state index in [4.69, 9.17) is 4.74 Å². The molecule has 9 heteroatoms. The molecule has 2 heterocycles. The van der Waals surface area contributed by atoms with Crippen molar-refractivity contribution in [1.29, 1.82) is 0 Å². The average Bonchev–Trinajstić information content (AvgIpc) is 3.26. The zero-order valence-corrected chi connectivity index (χ0v) is 14.4. The highest BCUT2D eigenvalue weighted by molar-refractivity contribution is 7.98. The molecule has 0 aliphatic carbocycles. The summed E-state index contributed by atoms with van der Waals surface area (Å²) in [6, 6.07) is 7.10. The largest absolute Gasteiger partial charge is 0.376 e. The maximum absolute atomic E-state index is 12.2. The van der Waals surface area contributed by atoms with Crippen LogP contribution in [-0.2, 0) is 4.74 Å². The van der Waals surface area contributed by atoms with Crippen LogP contribution in [0.25, 0.3) is 5.69 Å². The summed E-state index contributed by atoms with van der Waals surface area (Å²) >= 11 is 1.45. The first kappa shape index (κ1) is 16.7. The number of nitrogens with one attached hydrogen (secondary N) is 2. The lowest BCUT2D eigenvalue weighted by Crippen LogP contribution is -2.42. The van der Waals surface area contributed by atoms with E-state index in [9.17, 15) is 4.79 Å². The summed E-state index contributed by atoms with van der Waals surface area (Å²) in [4.78, 5) is 12.2. The molecule has 1 fully saturated rings. The third kappa shape index (κ3) is 3.85. The number of nitrogens with zero attached hydrogens (tertiary/aromatic N) is 4. The van der Waals surface area contributed by atoms with Gasteiger partial charge in [0.05, 0.1) is 17.8 Å². The molecule has 0 saturated carbocycles. The molecular weight excluding hydrogens is 328 g/mol. The molecule has 3 rings (SSSR count). The predicted octanol–water partition coefficient (Wildman–Crippen LogP) is 2.07. The van der Waals surface area contributed by atoms with E-state index < -0.39 is 0 Å². The zero-order chi connectivity index (χ0) is 16.9. The number of benzene rings is 1. The smallest absolute Gasteiger partial charge is 0.319 e. The molecule has 0 spiro atoms. The molecule has 1 aromatic carbocycles. The summed E-state index contributed by atoms with van der Waals surface area (Å²) < 4.78 is 7.22. The van der Waals surface area contributed by atoms with Gasteiger partial charge in [-0.25, -0.2) is 4.79 Å². The van der Waals surface area contributed by atoms with Crippen LogP contribution in [0.1, 0.15) is 19.8 Å². The van der Waals surface area contributed by atoms with E-state index in [1.807, 2.05) is 37.4 Å². The van der Waals surface area contributed by atoms with Crippen molar-refractivity contribution in [3.8, 4) is 5.69 Å². The highest BCUT2D eigenvalue weighted by Gasteiger charge is 2.23. The van der Waals surface area contributed by atoms with Crippen LogP contribution >= 0.6 is 11.8 Å². The van der Waals surface area contributed by atoms with Crippen LogP contribution < -0.4 is 10.6 Å². The second kappa shape index (κ2) is 7.63. The van der Waals surface area contributed by atoms with Gasteiger partial charge in [-0.2, -0.15) is 4.68 Å². The van der Waals surface area contributed by atoms with Gasteiger partial charge in [-0.05, 0) is 54.6 Å². The highest BCUT2D eigenvalue weighted by atomic mass is 32.2. The van der Waals surface area contributed by atoms with Crippen LogP contribution in [0.5, 0.6) is 0 Å². The first-order valence-corrected chi connectivity index (χ1v) is 9.02. The van der Waals surface area contributed by atoms with Gasteiger partial charge in [-0.1, -0.05) is 17.8 Å². The summed E-state index contributed by atoms with van der Waals surface area (Å²) in [5, 5.41) is 18.0. The van der Waals surface area contributed by atoms with Crippen molar-refractivity contribution < 1.29 is 9.53 Å². The Morgan fingerprint density at radius 3 is 3.12 bits per heavy atom. The number of hydrogen-bond donors (Lipinski definition) is 2. The molecule has 1 saturated heterocycles. The quantitative estimate of drug-likeness (QED) is 0.804. The first-order chi connectivity index (χ1) is 11.7. The zero-order valence-electron chi connectivity index (χ0n) is 13.6. The summed E-state index contributed by atoms with van der Waals surface area (Å²) in [5.74, 6) is 0. The minimum Gasteiger partial charge on any atom is -0.376 e. The van der Waals surface area contributed by atoms with Crippen molar-refractivity contribution in [2.45, 2.75) is 37.1 Å². The molecule has 0 bridgehead atoms. The number of thioether (sulfide) groups is 1. The van der Waals surface area contributed by atoms with E-state index >= 15 is 0 Å². The number of ether oxygens (including phenoxy) is 1. The molecule has 2 amide bonds. The van der Waals surface area contributed by atoms with Gasteiger partial charge < -0.3 is 15.4 Å². The fraction of sp³-hybridized carbons (Fsp3) is 0.467. The number of rotatable bonds is 5. The van der Waals surface area contributed by atoms with Crippen molar-refractivity contribution in [1.82, 2.24) is 25.5 Å². The number of carbonyl (C=O) groups excluding carboxylic acids is 1. The van der Waals surface area contributed by atoms with Gasteiger partial charge in [0.15, 0.2) is 0 Å². The van der Waals surface area contributed by atoms with Crippen LogP contribution in [0.4, 0.5) is 10.5 Å². The van der Waals surface area contributed by atoms with Crippen molar-refractivity contribution in [3.63, 3.8) is 0 Å². The second-order valence-electron chi connectivity index (χ2n) is 5.57. The molecule has 2 aromatic rings. The Morgan fingerprint density at radius 1 is 1.50 bits per heavy atom. The number of aromatic nitrogens is 4. The lowest BCUT2D eigenvalue weighted by molar-refractivity contribution is 0.0868. The van der Waals surface area contributed by atoms with Gasteiger partial charge in [-0.15, -0.1) is 5.10 Å². The molecule has 1 aromatic heterocycles. The van der Waals surface area contributed by atoms with Crippen molar-refractivity contribution in [3.05, 3.63) is 24.3 Å². The highest BCUT2D eigenvalue weighted by Crippen LogP contribution is 2.19. The standard InChI is InChI=1S/C15H20N6O2S/c1-10(13-7-4-8-23-13)16-14(22)17-11-5-3-6-12(9-11)21-15(24-2)18-19-20-21/h3,5-6,9-10,13H,4,7-8H2,1-2H3,(H2,16,17,22). The Hall–Kier alpha value is -2.13. The van der Waals surface area contributed by atoms with Crippen LogP contribution in [0, 0.1) is 0 Å². The van der Waals surface area contributed by atoms with E-state index in [2.05, 4.69) is 26.2 Å². The fourth-order valence-electron chi connectivity index (χ4n) is 2.65. The van der Waals surface area contributed by atoms with Crippen LogP contribution in [-0.4, -0.2) is 51.2 Å². The summed E-state index contributed by atoms with van der Waals surface area (Å²) in [6.45, 7) is 2.72. The van der Waals surface area contributed by atoms with Crippen LogP contribution in [0.3, 0.4) is 0 Å². The van der Waals surface area contributed by atoms with Gasteiger partial charge in [-0.3, -0.25) is 0 Å². The Morgan fingerprint density at radius 2 is 2.38 bits per heavy atom. The summed E-state index contributed by atoms with van der Waals surface area (Å²) in [7, 11) is 0. The lowest BCUT2D eigenvalue weighted by Gasteiger charge is -2.20. The maximum Gasteiger partial charge on any atom is 0.319 e. The Kier molecular flexibility index (Phi) is 5.31. The molecule has 128 valence electrons. The Labute approximate surface area is 144 Å². The molecule has 24 heavy (non-hydrogen) atoms. The van der Waals surface area contributed by atoms with E-state index in [0.29, 0.717) is 10.8 Å². The van der Waals surface area contributed by atoms with Gasteiger partial charge in [0.2, 0.25) is 5.16 Å². The summed E-state index contributed by atoms with van der Waals surface area (Å²) in [5.41, 5.74) is 1.46. The monoisotopic (exact) mass is 348 g/mol. The molecule has 1 aliphatic heterocycles. The topological polar surface area (TPSA) is 94.0 Å². The minimum absolute atomic E-state index is 0.0294. The molecule has 2 unspecified atom stereocenters. The number of amides is 2. The van der Waals surface area contributed by atoms with Crippen molar-refractivity contribution in [2.75, 3.05) is 18.2 Å². The van der Waals surface area contributed by atoms with E-state index in [1.54, 1.807) is 4.68 Å². The predicted molar refractivity (Wildman–Crippen MR) is 91.5 cm³/mol. The molecule has 0 radical (unpaired) electrons. The fourth-order valence-corrected chi connectivity index (χ4v) is 3.08. The molecule has 1 aliphatic rings. The first-order valence-electron chi connectivity index (χ1n) is 7.79. The number of tetrazole rings is 1. The van der Waals surface area contributed by atoms with Gasteiger partial charge in [0.25, 0.3) is 0 Å². The second-order valence-corrected chi connectivity index (χ2v) is 6.34. The van der Waals surface area contributed by atoms with E-state index in [0.717, 1.165) is 25.1 Å². The third-order valence-corrected chi connectivity index (χ3v) is 4.47. The molecule has 2 N–H and O–H groups in total. The van der Waals surface area contributed by atoms with E-state index in [-0.39, 0.29) is 18.2 Å². The third-order valence-electron chi connectivity index (χ3n) is 3.85. The van der Waals surface area contributed by atoms with Gasteiger partial charge in [0, 0.05) is 12.3 Å². The molecular formula is C15H20N6O2S. The number of hydrogen-bond acceptors (Lipinski definition) is 6. The normalized spacial score (nSPS) is 18.3. The average molecular weight is 348 g/mol. The SMILES string of the molecule is CSc1nnnn1-c1cccc(NC(=O)NC(C)C2CCCO2)c1. The van der Waals surface area contributed by atoms with Crippen LogP contribution in [0.2, 0.25) is 0 Å².